The normalized spacial score (nSPS) is 11.5. The van der Waals surface area contributed by atoms with Crippen LogP contribution < -0.4 is 10.1 Å². The number of carbonyl (C=O) groups excluding carboxylic acids is 2. The fourth-order valence-electron chi connectivity index (χ4n) is 2.78. The highest BCUT2D eigenvalue weighted by atomic mass is 16.5. The number of nitrogens with one attached hydrogen (secondary N) is 1. The van der Waals surface area contributed by atoms with Crippen LogP contribution in [-0.4, -0.2) is 18.8 Å². The second kappa shape index (κ2) is 8.32. The summed E-state index contributed by atoms with van der Waals surface area (Å²) in [5.74, 6) is 0.147. The molecule has 0 spiro atoms. The number of methoxy groups -OCH3 is 1. The zero-order valence-corrected chi connectivity index (χ0v) is 15.3. The van der Waals surface area contributed by atoms with E-state index in [2.05, 4.69) is 5.32 Å². The summed E-state index contributed by atoms with van der Waals surface area (Å²) in [5.41, 5.74) is 2.69. The van der Waals surface area contributed by atoms with E-state index >= 15 is 0 Å². The second-order valence-corrected chi connectivity index (χ2v) is 6.26. The molecular weight excluding hydrogens is 338 g/mol. The molecule has 1 atom stereocenters. The smallest absolute Gasteiger partial charge is 0.231 e. The second-order valence-electron chi connectivity index (χ2n) is 6.26. The van der Waals surface area contributed by atoms with Gasteiger partial charge in [-0.2, -0.15) is 0 Å². The molecule has 27 heavy (non-hydrogen) atoms. The van der Waals surface area contributed by atoms with Crippen LogP contribution in [0.15, 0.2) is 78.9 Å². The fraction of sp³-hybridized carbons (Fsp3) is 0.130. The summed E-state index contributed by atoms with van der Waals surface area (Å²) in [4.78, 5) is 25.2. The van der Waals surface area contributed by atoms with Crippen molar-refractivity contribution in [3.63, 3.8) is 0 Å². The van der Waals surface area contributed by atoms with Crippen LogP contribution in [0.25, 0.3) is 0 Å². The molecule has 0 saturated heterocycles. The molecule has 4 heteroatoms. The van der Waals surface area contributed by atoms with Crippen LogP contribution >= 0.6 is 0 Å². The van der Waals surface area contributed by atoms with E-state index in [1.54, 1.807) is 55.6 Å². The monoisotopic (exact) mass is 359 g/mol. The third-order valence-electron chi connectivity index (χ3n) is 4.44. The molecular formula is C23H21NO3. The molecule has 3 aromatic carbocycles. The standard InChI is InChI=1S/C23H21NO3/c1-16(23(26)24-20-11-13-21(27-2)14-12-20)18-9-6-10-19(15-18)22(25)17-7-4-3-5-8-17/h3-16H,1-2H3,(H,24,26). The number of hydrogen-bond donors (Lipinski definition) is 1. The van der Waals surface area contributed by atoms with Gasteiger partial charge in [0.15, 0.2) is 5.78 Å². The lowest BCUT2D eigenvalue weighted by Gasteiger charge is -2.14. The first-order chi connectivity index (χ1) is 13.1. The lowest BCUT2D eigenvalue weighted by atomic mass is 9.95. The molecule has 0 bridgehead atoms. The van der Waals surface area contributed by atoms with E-state index in [0.717, 1.165) is 11.3 Å². The van der Waals surface area contributed by atoms with Crippen molar-refractivity contribution in [2.45, 2.75) is 12.8 Å². The third-order valence-corrected chi connectivity index (χ3v) is 4.44. The Balaban J connectivity index is 1.75. The molecule has 0 fully saturated rings. The highest BCUT2D eigenvalue weighted by Gasteiger charge is 2.17. The van der Waals surface area contributed by atoms with Gasteiger partial charge in [-0.25, -0.2) is 0 Å². The van der Waals surface area contributed by atoms with E-state index in [-0.39, 0.29) is 11.7 Å². The summed E-state index contributed by atoms with van der Waals surface area (Å²) < 4.78 is 5.12. The molecule has 0 aliphatic rings. The van der Waals surface area contributed by atoms with Gasteiger partial charge in [0.05, 0.1) is 13.0 Å². The highest BCUT2D eigenvalue weighted by Crippen LogP contribution is 2.22. The molecule has 1 N–H and O–H groups in total. The molecule has 4 nitrogen and oxygen atoms in total. The first-order valence-corrected chi connectivity index (χ1v) is 8.73. The van der Waals surface area contributed by atoms with E-state index in [9.17, 15) is 9.59 Å². The summed E-state index contributed by atoms with van der Waals surface area (Å²) >= 11 is 0. The molecule has 3 aromatic rings. The van der Waals surface area contributed by atoms with Crippen LogP contribution in [0.4, 0.5) is 5.69 Å². The van der Waals surface area contributed by atoms with Gasteiger partial charge in [0.25, 0.3) is 0 Å². The minimum atomic E-state index is -0.393. The maximum Gasteiger partial charge on any atom is 0.231 e. The van der Waals surface area contributed by atoms with Crippen molar-refractivity contribution >= 4 is 17.4 Å². The lowest BCUT2D eigenvalue weighted by molar-refractivity contribution is -0.117. The van der Waals surface area contributed by atoms with Gasteiger partial charge < -0.3 is 10.1 Å². The van der Waals surface area contributed by atoms with Gasteiger partial charge in [-0.05, 0) is 42.8 Å². The van der Waals surface area contributed by atoms with Gasteiger partial charge >= 0.3 is 0 Å². The zero-order valence-electron chi connectivity index (χ0n) is 15.3. The Labute approximate surface area is 158 Å². The quantitative estimate of drug-likeness (QED) is 0.651. The van der Waals surface area contributed by atoms with Gasteiger partial charge in [0.2, 0.25) is 5.91 Å². The van der Waals surface area contributed by atoms with Crippen molar-refractivity contribution in [3.05, 3.63) is 95.6 Å². The Morgan fingerprint density at radius 3 is 2.19 bits per heavy atom. The first kappa shape index (κ1) is 18.4. The van der Waals surface area contributed by atoms with Crippen LogP contribution in [0.1, 0.15) is 34.3 Å². The van der Waals surface area contributed by atoms with Crippen molar-refractivity contribution in [1.82, 2.24) is 0 Å². The Kier molecular flexibility index (Phi) is 5.67. The third kappa shape index (κ3) is 4.42. The van der Waals surface area contributed by atoms with Gasteiger partial charge in [-0.15, -0.1) is 0 Å². The molecule has 136 valence electrons. The van der Waals surface area contributed by atoms with Crippen molar-refractivity contribution < 1.29 is 14.3 Å². The van der Waals surface area contributed by atoms with Crippen LogP contribution in [0.2, 0.25) is 0 Å². The lowest BCUT2D eigenvalue weighted by Crippen LogP contribution is -2.19. The summed E-state index contributed by atoms with van der Waals surface area (Å²) in [5, 5.41) is 2.89. The van der Waals surface area contributed by atoms with E-state index in [1.807, 2.05) is 37.3 Å². The molecule has 1 unspecified atom stereocenters. The number of anilines is 1. The predicted octanol–water partition coefficient (Wildman–Crippen LogP) is 4.67. The number of amides is 1. The van der Waals surface area contributed by atoms with Crippen molar-refractivity contribution in [2.75, 3.05) is 12.4 Å². The van der Waals surface area contributed by atoms with Crippen molar-refractivity contribution in [3.8, 4) is 5.75 Å². The predicted molar refractivity (Wildman–Crippen MR) is 106 cm³/mol. The van der Waals surface area contributed by atoms with E-state index < -0.39 is 5.92 Å². The molecule has 0 heterocycles. The van der Waals surface area contributed by atoms with Crippen LogP contribution in [-0.2, 0) is 4.79 Å². The average Bonchev–Trinajstić information content (AvgIpc) is 2.74. The van der Waals surface area contributed by atoms with Gasteiger partial charge in [0, 0.05) is 16.8 Å². The number of hydrogen-bond acceptors (Lipinski definition) is 3. The van der Waals surface area contributed by atoms with Gasteiger partial charge in [-0.1, -0.05) is 48.5 Å². The number of ether oxygens (including phenoxy) is 1. The average molecular weight is 359 g/mol. The molecule has 0 saturated carbocycles. The molecule has 0 radical (unpaired) electrons. The number of benzene rings is 3. The Morgan fingerprint density at radius 2 is 1.52 bits per heavy atom. The minimum absolute atomic E-state index is 0.0554. The SMILES string of the molecule is COc1ccc(NC(=O)C(C)c2cccc(C(=O)c3ccccc3)c2)cc1. The first-order valence-electron chi connectivity index (χ1n) is 8.73. The maximum atomic E-state index is 12.6. The highest BCUT2D eigenvalue weighted by molar-refractivity contribution is 6.09. The maximum absolute atomic E-state index is 12.6. The molecule has 0 aliphatic heterocycles. The number of carbonyl (C=O) groups is 2. The van der Waals surface area contributed by atoms with Crippen molar-refractivity contribution in [2.24, 2.45) is 0 Å². The summed E-state index contributed by atoms with van der Waals surface area (Å²) in [7, 11) is 1.60. The molecule has 3 rings (SSSR count). The molecule has 0 aromatic heterocycles. The summed E-state index contributed by atoms with van der Waals surface area (Å²) in [6, 6.07) is 23.5. The van der Waals surface area contributed by atoms with Gasteiger partial charge in [-0.3, -0.25) is 9.59 Å². The number of ketones is 1. The molecule has 0 aliphatic carbocycles. The molecule has 1 amide bonds. The van der Waals surface area contributed by atoms with Crippen LogP contribution in [0.5, 0.6) is 5.75 Å². The minimum Gasteiger partial charge on any atom is -0.497 e. The summed E-state index contributed by atoms with van der Waals surface area (Å²) in [6.45, 7) is 1.82. The van der Waals surface area contributed by atoms with Crippen LogP contribution in [0, 0.1) is 0 Å². The van der Waals surface area contributed by atoms with E-state index in [0.29, 0.717) is 16.8 Å². The Bertz CT molecular complexity index is 933. The summed E-state index contributed by atoms with van der Waals surface area (Å²) in [6.07, 6.45) is 0. The van der Waals surface area contributed by atoms with Gasteiger partial charge in [0.1, 0.15) is 5.75 Å². The number of rotatable bonds is 6. The van der Waals surface area contributed by atoms with Crippen molar-refractivity contribution in [1.29, 1.82) is 0 Å². The van der Waals surface area contributed by atoms with E-state index in [1.165, 1.54) is 0 Å². The fourth-order valence-corrected chi connectivity index (χ4v) is 2.78. The Hall–Kier alpha value is -3.40. The Morgan fingerprint density at radius 1 is 0.852 bits per heavy atom. The zero-order chi connectivity index (χ0) is 19.2. The van der Waals surface area contributed by atoms with Crippen LogP contribution in [0.3, 0.4) is 0 Å². The topological polar surface area (TPSA) is 55.4 Å². The van der Waals surface area contributed by atoms with E-state index in [4.69, 9.17) is 4.74 Å². The largest absolute Gasteiger partial charge is 0.497 e.